The van der Waals surface area contributed by atoms with Crippen LogP contribution in [0.5, 0.6) is 0 Å². The van der Waals surface area contributed by atoms with E-state index < -0.39 is 14.0 Å². The predicted octanol–water partition coefficient (Wildman–Crippen LogP) is 3.91. The normalized spacial score (nSPS) is 24.9. The molecule has 3 N–H and O–H groups in total. The third-order valence-electron chi connectivity index (χ3n) is 5.06. The number of carbonyl (C=O) groups is 2. The Hall–Kier alpha value is -0.830. The molecule has 2 aliphatic heterocycles. The topological polar surface area (TPSA) is 106 Å². The summed E-state index contributed by atoms with van der Waals surface area (Å²) in [4.78, 5) is 23.3. The van der Waals surface area contributed by atoms with Gasteiger partial charge < -0.3 is 16.0 Å². The van der Waals surface area contributed by atoms with Gasteiger partial charge in [-0.15, -0.1) is 4.20 Å². The molecule has 0 unspecified atom stereocenters. The fourth-order valence-electron chi connectivity index (χ4n) is 3.63. The second kappa shape index (κ2) is 12.9. The summed E-state index contributed by atoms with van der Waals surface area (Å²) in [6, 6.07) is 0.406. The molecule has 0 aromatic carbocycles. The molecule has 3 amide bonds. The maximum absolute atomic E-state index is 13.4. The van der Waals surface area contributed by atoms with Gasteiger partial charge in [0.2, 0.25) is 5.91 Å². The van der Waals surface area contributed by atoms with Crippen molar-refractivity contribution in [3.8, 4) is 0 Å². The Morgan fingerprint density at radius 2 is 2.00 bits per heavy atom. The van der Waals surface area contributed by atoms with Crippen LogP contribution < -0.4 is 16.0 Å². The summed E-state index contributed by atoms with van der Waals surface area (Å²) in [6.07, 6.45) is 6.00. The van der Waals surface area contributed by atoms with Crippen molar-refractivity contribution in [3.63, 3.8) is 0 Å². The molecule has 174 valence electrons. The minimum absolute atomic E-state index is 0.0630. The number of thioether (sulfide) groups is 1. The highest BCUT2D eigenvalue weighted by Gasteiger charge is 2.42. The van der Waals surface area contributed by atoms with Crippen molar-refractivity contribution in [1.82, 2.24) is 16.0 Å². The van der Waals surface area contributed by atoms with Crippen molar-refractivity contribution in [2.24, 2.45) is 0 Å². The van der Waals surface area contributed by atoms with E-state index in [-0.39, 0.29) is 30.6 Å². The van der Waals surface area contributed by atoms with Gasteiger partial charge in [-0.25, -0.2) is 9.36 Å². The Morgan fingerprint density at radius 3 is 2.77 bits per heavy atom. The van der Waals surface area contributed by atoms with Crippen molar-refractivity contribution in [3.05, 3.63) is 0 Å². The molecule has 0 aromatic heterocycles. The number of carbonyl (C=O) groups excluding carboxylic acids is 2. The number of unbranched alkanes of at least 4 members (excludes halogenated alkanes) is 4. The molecule has 8 nitrogen and oxygen atoms in total. The van der Waals surface area contributed by atoms with Crippen molar-refractivity contribution in [2.75, 3.05) is 18.9 Å². The van der Waals surface area contributed by atoms with Gasteiger partial charge >= 0.3 is 13.9 Å². The van der Waals surface area contributed by atoms with Gasteiger partial charge in [0, 0.05) is 24.0 Å². The van der Waals surface area contributed by atoms with E-state index in [1.54, 1.807) is 13.8 Å². The third-order valence-corrected chi connectivity index (χ3v) is 7.73. The standard InChI is InChI=1S/C19H35FN3O5PS/c1-14(2)28-29(20,26)27-12-8-4-3-7-11-21-17(24)10-6-5-9-16-18-15(13-30-16)22-19(25)23-18/h14-16,18H,3-13H2,1-2H3,(H,21,24)(H2,22,23,25)/t15-,16-,18-,29-/m0/s1. The number of rotatable bonds is 15. The van der Waals surface area contributed by atoms with E-state index in [0.717, 1.165) is 44.3 Å². The monoisotopic (exact) mass is 467 g/mol. The van der Waals surface area contributed by atoms with E-state index in [4.69, 9.17) is 0 Å². The second-order valence-electron chi connectivity index (χ2n) is 8.05. The van der Waals surface area contributed by atoms with Crippen molar-refractivity contribution >= 4 is 31.6 Å². The first-order valence-electron chi connectivity index (χ1n) is 10.8. The van der Waals surface area contributed by atoms with Crippen LogP contribution >= 0.6 is 19.7 Å². The molecule has 0 aliphatic carbocycles. The van der Waals surface area contributed by atoms with Crippen molar-refractivity contribution in [2.45, 2.75) is 88.7 Å². The Bertz CT molecular complexity index is 613. The van der Waals surface area contributed by atoms with Gasteiger partial charge in [-0.1, -0.05) is 19.3 Å². The van der Waals surface area contributed by atoms with Gasteiger partial charge in [-0.05, 0) is 39.5 Å². The molecular formula is C19H35FN3O5PS. The lowest BCUT2D eigenvalue weighted by molar-refractivity contribution is -0.121. The van der Waals surface area contributed by atoms with Gasteiger partial charge in [0.05, 0.1) is 24.8 Å². The first kappa shape index (κ1) is 25.4. The van der Waals surface area contributed by atoms with E-state index in [9.17, 15) is 18.4 Å². The molecule has 2 heterocycles. The van der Waals surface area contributed by atoms with E-state index in [1.165, 1.54) is 0 Å². The van der Waals surface area contributed by atoms with E-state index in [0.29, 0.717) is 24.6 Å². The Labute approximate surface area is 182 Å². The third kappa shape index (κ3) is 9.54. The highest BCUT2D eigenvalue weighted by Crippen LogP contribution is 2.51. The average Bonchev–Trinajstić information content (AvgIpc) is 3.19. The molecule has 4 atom stereocenters. The summed E-state index contributed by atoms with van der Waals surface area (Å²) in [5.41, 5.74) is 0. The Morgan fingerprint density at radius 1 is 1.23 bits per heavy atom. The van der Waals surface area contributed by atoms with E-state index >= 15 is 0 Å². The van der Waals surface area contributed by atoms with Crippen LogP contribution in [0.2, 0.25) is 0 Å². The fourth-order valence-corrected chi connectivity index (χ4v) is 6.08. The lowest BCUT2D eigenvalue weighted by Gasteiger charge is -2.16. The average molecular weight is 468 g/mol. The smallest absolute Gasteiger partial charge is 0.356 e. The summed E-state index contributed by atoms with van der Waals surface area (Å²) in [5, 5.41) is 9.28. The fraction of sp³-hybridized carbons (Fsp3) is 0.895. The molecule has 0 spiro atoms. The number of hydrogen-bond acceptors (Lipinski definition) is 6. The summed E-state index contributed by atoms with van der Waals surface area (Å²) in [6.45, 7) is 3.88. The molecule has 0 bridgehead atoms. The van der Waals surface area contributed by atoms with Gasteiger partial charge in [-0.2, -0.15) is 11.8 Å². The zero-order valence-corrected chi connectivity index (χ0v) is 19.6. The number of hydrogen-bond donors (Lipinski definition) is 3. The summed E-state index contributed by atoms with van der Waals surface area (Å²) >= 11 is 1.89. The summed E-state index contributed by atoms with van der Waals surface area (Å²) < 4.78 is 34.0. The highest BCUT2D eigenvalue weighted by molar-refractivity contribution is 8.00. The van der Waals surface area contributed by atoms with Crippen LogP contribution in [0.25, 0.3) is 0 Å². The zero-order chi connectivity index (χ0) is 22.0. The van der Waals surface area contributed by atoms with Crippen LogP contribution in [0.15, 0.2) is 0 Å². The second-order valence-corrected chi connectivity index (χ2v) is 10.7. The minimum atomic E-state index is -4.43. The van der Waals surface area contributed by atoms with Crippen LogP contribution in [0, 0.1) is 0 Å². The van der Waals surface area contributed by atoms with Crippen LogP contribution in [-0.4, -0.2) is 54.3 Å². The lowest BCUT2D eigenvalue weighted by atomic mass is 10.0. The van der Waals surface area contributed by atoms with Crippen LogP contribution in [-0.2, 0) is 18.4 Å². The van der Waals surface area contributed by atoms with Crippen LogP contribution in [0.1, 0.15) is 65.2 Å². The molecule has 0 radical (unpaired) electrons. The number of amides is 3. The number of halogens is 1. The van der Waals surface area contributed by atoms with E-state index in [2.05, 4.69) is 25.0 Å². The molecule has 2 fully saturated rings. The van der Waals surface area contributed by atoms with Gasteiger partial charge in [0.25, 0.3) is 0 Å². The van der Waals surface area contributed by atoms with Gasteiger partial charge in [0.15, 0.2) is 0 Å². The molecule has 0 aromatic rings. The van der Waals surface area contributed by atoms with E-state index in [1.807, 2.05) is 11.8 Å². The van der Waals surface area contributed by atoms with Crippen molar-refractivity contribution < 1.29 is 27.4 Å². The largest absolute Gasteiger partial charge is 0.513 e. The maximum Gasteiger partial charge on any atom is 0.513 e. The Kier molecular flexibility index (Phi) is 10.9. The molecule has 30 heavy (non-hydrogen) atoms. The van der Waals surface area contributed by atoms with Gasteiger partial charge in [-0.3, -0.25) is 13.8 Å². The SMILES string of the molecule is CC(C)O[P@](=O)(F)OCCCCCCNC(=O)CCCC[C@@H]1SC[C@@H]2NC(=O)N[C@@H]21. The lowest BCUT2D eigenvalue weighted by Crippen LogP contribution is -2.36. The quantitative estimate of drug-likeness (QED) is 0.192. The first-order chi connectivity index (χ1) is 14.3. The molecular weight excluding hydrogens is 432 g/mol. The molecule has 0 saturated carbocycles. The first-order valence-corrected chi connectivity index (χ1v) is 13.3. The minimum Gasteiger partial charge on any atom is -0.356 e. The molecule has 2 aliphatic rings. The number of urea groups is 1. The van der Waals surface area contributed by atoms with Crippen LogP contribution in [0.3, 0.4) is 0 Å². The molecule has 2 saturated heterocycles. The number of fused-ring (bicyclic) bond motifs is 1. The molecule has 11 heteroatoms. The Balaban J connectivity index is 1.39. The summed E-state index contributed by atoms with van der Waals surface area (Å²) in [7, 11) is -4.43. The van der Waals surface area contributed by atoms with Gasteiger partial charge in [0.1, 0.15) is 0 Å². The predicted molar refractivity (Wildman–Crippen MR) is 116 cm³/mol. The maximum atomic E-state index is 13.4. The molecule has 2 rings (SSSR count). The van der Waals surface area contributed by atoms with Crippen LogP contribution in [0.4, 0.5) is 8.99 Å². The zero-order valence-electron chi connectivity index (χ0n) is 17.9. The highest BCUT2D eigenvalue weighted by atomic mass is 32.2. The summed E-state index contributed by atoms with van der Waals surface area (Å²) in [5.74, 6) is 1.02. The van der Waals surface area contributed by atoms with Crippen molar-refractivity contribution in [1.29, 1.82) is 0 Å². The number of nitrogens with one attached hydrogen (secondary N) is 3.